The zero-order valence-electron chi connectivity index (χ0n) is 12.2. The minimum atomic E-state index is -0.639. The van der Waals surface area contributed by atoms with Gasteiger partial charge in [0.05, 0.1) is 11.6 Å². The first kappa shape index (κ1) is 14.8. The molecule has 2 fully saturated rings. The smallest absolute Gasteiger partial charge is 0.239 e. The Morgan fingerprint density at radius 3 is 2.58 bits per heavy atom. The monoisotopic (exact) mass is 268 g/mol. The number of nitrogens with one attached hydrogen (secondary N) is 1. The Kier molecular flexibility index (Phi) is 5.22. The minimum Gasteiger partial charge on any atom is -0.388 e. The normalized spacial score (nSPS) is 28.2. The van der Waals surface area contributed by atoms with Crippen LogP contribution in [0, 0.1) is 0 Å². The minimum absolute atomic E-state index is 0.0341. The number of likely N-dealkylation sites (tertiary alicyclic amines) is 1. The zero-order valence-corrected chi connectivity index (χ0v) is 12.2. The number of rotatable bonds is 4. The van der Waals surface area contributed by atoms with Crippen LogP contribution in [0.1, 0.15) is 58.3 Å². The molecule has 1 heterocycles. The Bertz CT molecular complexity index is 297. The molecular formula is C15H28N2O2. The number of hydrogen-bond acceptors (Lipinski definition) is 3. The molecule has 0 aromatic heterocycles. The van der Waals surface area contributed by atoms with Gasteiger partial charge in [0.2, 0.25) is 5.91 Å². The lowest BCUT2D eigenvalue weighted by Crippen LogP contribution is -2.55. The quantitative estimate of drug-likeness (QED) is 0.763. The Balaban J connectivity index is 1.94. The van der Waals surface area contributed by atoms with Gasteiger partial charge in [-0.3, -0.25) is 4.79 Å². The van der Waals surface area contributed by atoms with Crippen molar-refractivity contribution in [1.29, 1.82) is 0 Å². The fraction of sp³-hybridized carbons (Fsp3) is 0.933. The molecule has 1 unspecified atom stereocenters. The van der Waals surface area contributed by atoms with E-state index in [0.717, 1.165) is 51.6 Å². The second-order valence-corrected chi connectivity index (χ2v) is 6.15. The van der Waals surface area contributed by atoms with E-state index in [1.165, 1.54) is 12.8 Å². The van der Waals surface area contributed by atoms with Gasteiger partial charge in [-0.1, -0.05) is 32.6 Å². The molecule has 0 spiro atoms. The fourth-order valence-corrected chi connectivity index (χ4v) is 3.43. The molecule has 0 aromatic carbocycles. The van der Waals surface area contributed by atoms with Crippen molar-refractivity contribution in [3.8, 4) is 0 Å². The molecule has 2 aliphatic rings. The number of nitrogens with zero attached hydrogens (tertiary/aromatic N) is 1. The predicted molar refractivity (Wildman–Crippen MR) is 75.9 cm³/mol. The van der Waals surface area contributed by atoms with Crippen LogP contribution in [-0.4, -0.2) is 47.2 Å². The lowest BCUT2D eigenvalue weighted by atomic mass is 9.92. The third kappa shape index (κ3) is 3.93. The molecule has 2 rings (SSSR count). The van der Waals surface area contributed by atoms with Crippen molar-refractivity contribution in [2.45, 2.75) is 69.9 Å². The second-order valence-electron chi connectivity index (χ2n) is 6.15. The van der Waals surface area contributed by atoms with Crippen LogP contribution in [0.15, 0.2) is 0 Å². The van der Waals surface area contributed by atoms with Crippen LogP contribution in [-0.2, 0) is 4.79 Å². The van der Waals surface area contributed by atoms with Crippen molar-refractivity contribution in [3.05, 3.63) is 0 Å². The molecule has 1 aliphatic heterocycles. The van der Waals surface area contributed by atoms with E-state index in [1.807, 2.05) is 11.8 Å². The average molecular weight is 268 g/mol. The Labute approximate surface area is 116 Å². The maximum Gasteiger partial charge on any atom is 0.239 e. The first-order chi connectivity index (χ1) is 9.14. The van der Waals surface area contributed by atoms with Crippen LogP contribution in [0.5, 0.6) is 0 Å². The molecule has 1 saturated carbocycles. The number of amides is 1. The predicted octanol–water partition coefficient (Wildman–Crippen LogP) is 1.67. The van der Waals surface area contributed by atoms with Crippen molar-refractivity contribution < 1.29 is 9.90 Å². The van der Waals surface area contributed by atoms with E-state index in [-0.39, 0.29) is 11.9 Å². The van der Waals surface area contributed by atoms with Crippen molar-refractivity contribution in [2.24, 2.45) is 0 Å². The zero-order chi connectivity index (χ0) is 13.7. The fourth-order valence-electron chi connectivity index (χ4n) is 3.43. The molecular weight excluding hydrogens is 240 g/mol. The third-order valence-electron chi connectivity index (χ3n) is 4.50. The molecule has 0 radical (unpaired) electrons. The number of carbonyl (C=O) groups excluding carboxylic acids is 1. The van der Waals surface area contributed by atoms with Gasteiger partial charge in [0.15, 0.2) is 0 Å². The lowest BCUT2D eigenvalue weighted by Gasteiger charge is -2.38. The highest BCUT2D eigenvalue weighted by atomic mass is 16.3. The Hall–Kier alpha value is -0.610. The van der Waals surface area contributed by atoms with Crippen molar-refractivity contribution in [1.82, 2.24) is 10.2 Å². The highest BCUT2D eigenvalue weighted by Crippen LogP contribution is 2.29. The Morgan fingerprint density at radius 1 is 1.26 bits per heavy atom. The summed E-state index contributed by atoms with van der Waals surface area (Å²) in [5.41, 5.74) is -0.639. The first-order valence-electron chi connectivity index (χ1n) is 7.89. The standard InChI is InChI=1S/C15H28N2O2/c1-2-16-13-8-7-11-17(14(13)18)12-15(19)9-5-3-4-6-10-15/h13,16,19H,2-12H2,1H3. The molecule has 2 N–H and O–H groups in total. The first-order valence-corrected chi connectivity index (χ1v) is 7.89. The molecule has 19 heavy (non-hydrogen) atoms. The third-order valence-corrected chi connectivity index (χ3v) is 4.50. The van der Waals surface area contributed by atoms with Gasteiger partial charge >= 0.3 is 0 Å². The summed E-state index contributed by atoms with van der Waals surface area (Å²) >= 11 is 0. The van der Waals surface area contributed by atoms with E-state index in [9.17, 15) is 9.90 Å². The van der Waals surface area contributed by atoms with Crippen LogP contribution in [0.25, 0.3) is 0 Å². The molecule has 1 saturated heterocycles. The van der Waals surface area contributed by atoms with E-state index < -0.39 is 5.60 Å². The number of β-amino-alcohol motifs (C(OH)–C–C–N with tert-alkyl or cyclic N) is 1. The van der Waals surface area contributed by atoms with Gasteiger partial charge in [-0.2, -0.15) is 0 Å². The summed E-state index contributed by atoms with van der Waals surface area (Å²) in [6, 6.07) is -0.0341. The molecule has 0 aromatic rings. The molecule has 1 atom stereocenters. The summed E-state index contributed by atoms with van der Waals surface area (Å²) in [6.45, 7) is 4.20. The van der Waals surface area contributed by atoms with Gasteiger partial charge in [-0.25, -0.2) is 0 Å². The summed E-state index contributed by atoms with van der Waals surface area (Å²) in [7, 11) is 0. The number of carbonyl (C=O) groups is 1. The van der Waals surface area contributed by atoms with Gasteiger partial charge in [0.1, 0.15) is 0 Å². The van der Waals surface area contributed by atoms with Crippen LogP contribution < -0.4 is 5.32 Å². The maximum absolute atomic E-state index is 12.4. The van der Waals surface area contributed by atoms with Gasteiger partial charge < -0.3 is 15.3 Å². The molecule has 110 valence electrons. The van der Waals surface area contributed by atoms with Crippen molar-refractivity contribution in [2.75, 3.05) is 19.6 Å². The maximum atomic E-state index is 12.4. The van der Waals surface area contributed by atoms with E-state index >= 15 is 0 Å². The van der Waals surface area contributed by atoms with E-state index in [2.05, 4.69) is 5.32 Å². The van der Waals surface area contributed by atoms with Crippen LogP contribution in [0.2, 0.25) is 0 Å². The molecule has 1 aliphatic carbocycles. The van der Waals surface area contributed by atoms with Crippen molar-refractivity contribution in [3.63, 3.8) is 0 Å². The molecule has 4 heteroatoms. The highest BCUT2D eigenvalue weighted by molar-refractivity contribution is 5.82. The topological polar surface area (TPSA) is 52.6 Å². The van der Waals surface area contributed by atoms with Gasteiger partial charge in [0.25, 0.3) is 0 Å². The summed E-state index contributed by atoms with van der Waals surface area (Å²) in [4.78, 5) is 14.3. The highest BCUT2D eigenvalue weighted by Gasteiger charge is 2.35. The van der Waals surface area contributed by atoms with Crippen LogP contribution in [0.4, 0.5) is 0 Å². The van der Waals surface area contributed by atoms with Crippen LogP contribution >= 0.6 is 0 Å². The number of hydrogen-bond donors (Lipinski definition) is 2. The summed E-state index contributed by atoms with van der Waals surface area (Å²) in [5.74, 6) is 0.186. The summed E-state index contributed by atoms with van der Waals surface area (Å²) in [5, 5.41) is 14.0. The lowest BCUT2D eigenvalue weighted by molar-refractivity contribution is -0.140. The molecule has 4 nitrogen and oxygen atoms in total. The number of piperidine rings is 1. The summed E-state index contributed by atoms with van der Waals surface area (Å²) < 4.78 is 0. The second kappa shape index (κ2) is 6.71. The van der Waals surface area contributed by atoms with E-state index in [0.29, 0.717) is 6.54 Å². The van der Waals surface area contributed by atoms with Crippen molar-refractivity contribution >= 4 is 5.91 Å². The Morgan fingerprint density at radius 2 is 1.95 bits per heavy atom. The van der Waals surface area contributed by atoms with Gasteiger partial charge in [0, 0.05) is 13.1 Å². The molecule has 1 amide bonds. The van der Waals surface area contributed by atoms with Gasteiger partial charge in [-0.05, 0) is 32.2 Å². The average Bonchev–Trinajstić information content (AvgIpc) is 2.60. The summed E-state index contributed by atoms with van der Waals surface area (Å²) in [6.07, 6.45) is 8.29. The van der Waals surface area contributed by atoms with Gasteiger partial charge in [-0.15, -0.1) is 0 Å². The largest absolute Gasteiger partial charge is 0.388 e. The van der Waals surface area contributed by atoms with Crippen LogP contribution in [0.3, 0.4) is 0 Å². The SMILES string of the molecule is CCNC1CCCN(CC2(O)CCCCCC2)C1=O. The number of aliphatic hydroxyl groups is 1. The van der Waals surface area contributed by atoms with E-state index in [4.69, 9.17) is 0 Å². The molecule has 0 bridgehead atoms. The van der Waals surface area contributed by atoms with E-state index in [1.54, 1.807) is 0 Å². The number of likely N-dealkylation sites (N-methyl/N-ethyl adjacent to an activating group) is 1.